The third-order valence-electron chi connectivity index (χ3n) is 5.47. The summed E-state index contributed by atoms with van der Waals surface area (Å²) in [4.78, 5) is 39.7. The molecule has 1 saturated heterocycles. The van der Waals surface area contributed by atoms with E-state index in [0.29, 0.717) is 19.7 Å². The molecule has 0 aromatic heterocycles. The number of carbonyl (C=O) groups is 3. The highest BCUT2D eigenvalue weighted by Crippen LogP contribution is 2.25. The molecule has 0 aliphatic carbocycles. The number of unbranched alkanes of at least 4 members (excludes halogenated alkanes) is 1. The molecule has 0 saturated carbocycles. The predicted octanol–water partition coefficient (Wildman–Crippen LogP) is 2.75. The molecule has 8 heteroatoms. The number of benzene rings is 2. The molecular weight excluding hydrogens is 438 g/mol. The zero-order valence-electron chi connectivity index (χ0n) is 18.7. The van der Waals surface area contributed by atoms with Gasteiger partial charge in [0.15, 0.2) is 5.11 Å². The minimum Gasteiger partial charge on any atom is -0.466 e. The number of amides is 2. The van der Waals surface area contributed by atoms with Gasteiger partial charge in [0.1, 0.15) is 6.04 Å². The van der Waals surface area contributed by atoms with E-state index >= 15 is 0 Å². The summed E-state index contributed by atoms with van der Waals surface area (Å²) in [5.41, 5.74) is 1.66. The van der Waals surface area contributed by atoms with E-state index in [2.05, 4.69) is 10.6 Å². The van der Waals surface area contributed by atoms with Crippen LogP contribution >= 0.6 is 12.2 Å². The van der Waals surface area contributed by atoms with Gasteiger partial charge in [0.2, 0.25) is 11.8 Å². The average Bonchev–Trinajstić information content (AvgIpc) is 2.82. The number of nitrogens with zero attached hydrogens (tertiary/aromatic N) is 1. The summed E-state index contributed by atoms with van der Waals surface area (Å²) in [6.07, 6.45) is 1.54. The Balaban J connectivity index is 1.74. The first-order valence-corrected chi connectivity index (χ1v) is 11.6. The fourth-order valence-electron chi connectivity index (χ4n) is 3.74. The summed E-state index contributed by atoms with van der Waals surface area (Å²) in [5, 5.41) is 5.69. The predicted molar refractivity (Wildman–Crippen MR) is 129 cm³/mol. The van der Waals surface area contributed by atoms with Crippen LogP contribution in [-0.4, -0.2) is 53.5 Å². The first-order chi connectivity index (χ1) is 16.0. The first-order valence-electron chi connectivity index (χ1n) is 11.2. The molecule has 174 valence electrons. The lowest BCUT2D eigenvalue weighted by molar-refractivity contribution is -0.147. The van der Waals surface area contributed by atoms with Crippen molar-refractivity contribution in [3.8, 4) is 0 Å². The Bertz CT molecular complexity index is 929. The Hall–Kier alpha value is -3.26. The number of piperazine rings is 1. The molecule has 1 unspecified atom stereocenters. The van der Waals surface area contributed by atoms with Crippen molar-refractivity contribution in [2.24, 2.45) is 0 Å². The highest BCUT2D eigenvalue weighted by molar-refractivity contribution is 7.80. The zero-order chi connectivity index (χ0) is 23.6. The van der Waals surface area contributed by atoms with E-state index in [1.807, 2.05) is 67.6 Å². The SMILES string of the molecule is CCCCOC(=O)CC1C(=O)NCCN1C(=S)NC(=O)C(c1ccccc1)c1ccccc1. The minimum absolute atomic E-state index is 0.123. The van der Waals surface area contributed by atoms with Crippen LogP contribution in [0.1, 0.15) is 43.2 Å². The second kappa shape index (κ2) is 12.1. The normalized spacial score (nSPS) is 15.6. The fourth-order valence-corrected chi connectivity index (χ4v) is 4.06. The number of carbonyl (C=O) groups excluding carboxylic acids is 3. The van der Waals surface area contributed by atoms with Crippen LogP contribution < -0.4 is 10.6 Å². The summed E-state index contributed by atoms with van der Waals surface area (Å²) >= 11 is 5.52. The molecule has 0 radical (unpaired) electrons. The van der Waals surface area contributed by atoms with Gasteiger partial charge in [-0.05, 0) is 29.8 Å². The number of nitrogens with one attached hydrogen (secondary N) is 2. The molecule has 1 heterocycles. The Morgan fingerprint density at radius 1 is 1.12 bits per heavy atom. The first kappa shape index (κ1) is 24.4. The summed E-state index contributed by atoms with van der Waals surface area (Å²) < 4.78 is 5.22. The number of ether oxygens (including phenoxy) is 1. The molecule has 2 N–H and O–H groups in total. The topological polar surface area (TPSA) is 87.7 Å². The molecule has 2 amide bonds. The summed E-state index contributed by atoms with van der Waals surface area (Å²) in [5.74, 6) is -1.64. The molecule has 2 aromatic rings. The third kappa shape index (κ3) is 6.61. The van der Waals surface area contributed by atoms with Crippen molar-refractivity contribution < 1.29 is 19.1 Å². The van der Waals surface area contributed by atoms with E-state index < -0.39 is 17.9 Å². The second-order valence-electron chi connectivity index (χ2n) is 7.83. The van der Waals surface area contributed by atoms with Gasteiger partial charge in [-0.2, -0.15) is 0 Å². The Morgan fingerprint density at radius 2 is 1.73 bits per heavy atom. The van der Waals surface area contributed by atoms with Crippen molar-refractivity contribution in [1.29, 1.82) is 0 Å². The van der Waals surface area contributed by atoms with Crippen molar-refractivity contribution in [3.63, 3.8) is 0 Å². The lowest BCUT2D eigenvalue weighted by Gasteiger charge is -2.36. The largest absolute Gasteiger partial charge is 0.466 e. The van der Waals surface area contributed by atoms with Crippen molar-refractivity contribution >= 4 is 35.1 Å². The summed E-state index contributed by atoms with van der Waals surface area (Å²) in [6, 6.07) is 18.1. The number of hydrogen-bond acceptors (Lipinski definition) is 5. The van der Waals surface area contributed by atoms with Crippen LogP contribution in [0, 0.1) is 0 Å². The van der Waals surface area contributed by atoms with Crippen LogP contribution in [0.3, 0.4) is 0 Å². The van der Waals surface area contributed by atoms with Gasteiger partial charge in [0.05, 0.1) is 18.9 Å². The number of rotatable bonds is 8. The van der Waals surface area contributed by atoms with Gasteiger partial charge in [0, 0.05) is 13.1 Å². The molecule has 1 aliphatic heterocycles. The van der Waals surface area contributed by atoms with E-state index in [0.717, 1.165) is 24.0 Å². The molecule has 1 aliphatic rings. The quantitative estimate of drug-likeness (QED) is 0.353. The van der Waals surface area contributed by atoms with Crippen LogP contribution in [0.4, 0.5) is 0 Å². The highest BCUT2D eigenvalue weighted by atomic mass is 32.1. The Kier molecular flexibility index (Phi) is 8.95. The van der Waals surface area contributed by atoms with Gasteiger partial charge < -0.3 is 20.3 Å². The zero-order valence-corrected chi connectivity index (χ0v) is 19.5. The van der Waals surface area contributed by atoms with Crippen LogP contribution in [0.15, 0.2) is 60.7 Å². The average molecular weight is 468 g/mol. The standard InChI is InChI=1S/C25H29N3O4S/c1-2-3-16-32-21(29)17-20-23(30)26-14-15-28(20)25(33)27-24(31)22(18-10-6-4-7-11-18)19-12-8-5-9-13-19/h4-13,20,22H,2-3,14-17H2,1H3,(H,26,30)(H,27,31,33). The van der Waals surface area contributed by atoms with Gasteiger partial charge >= 0.3 is 5.97 Å². The fraction of sp³-hybridized carbons (Fsp3) is 0.360. The van der Waals surface area contributed by atoms with Crippen molar-refractivity contribution in [2.75, 3.05) is 19.7 Å². The summed E-state index contributed by atoms with van der Waals surface area (Å²) in [7, 11) is 0. The van der Waals surface area contributed by atoms with Gasteiger partial charge in [-0.25, -0.2) is 0 Å². The second-order valence-corrected chi connectivity index (χ2v) is 8.21. The lowest BCUT2D eigenvalue weighted by atomic mass is 9.90. The summed E-state index contributed by atoms with van der Waals surface area (Å²) in [6.45, 7) is 3.08. The molecule has 0 spiro atoms. The van der Waals surface area contributed by atoms with Crippen LogP contribution in [0.25, 0.3) is 0 Å². The van der Waals surface area contributed by atoms with E-state index in [4.69, 9.17) is 17.0 Å². The number of hydrogen-bond donors (Lipinski definition) is 2. The molecule has 0 bridgehead atoms. The molecule has 7 nitrogen and oxygen atoms in total. The molecule has 3 rings (SSSR count). The Morgan fingerprint density at radius 3 is 2.30 bits per heavy atom. The van der Waals surface area contributed by atoms with E-state index in [9.17, 15) is 14.4 Å². The molecular formula is C25H29N3O4S. The highest BCUT2D eigenvalue weighted by Gasteiger charge is 2.35. The van der Waals surface area contributed by atoms with Crippen LogP contribution in [0.2, 0.25) is 0 Å². The van der Waals surface area contributed by atoms with Gasteiger partial charge in [0.25, 0.3) is 0 Å². The van der Waals surface area contributed by atoms with Gasteiger partial charge in [-0.1, -0.05) is 74.0 Å². The maximum absolute atomic E-state index is 13.4. The van der Waals surface area contributed by atoms with E-state index in [-0.39, 0.29) is 23.3 Å². The smallest absolute Gasteiger partial charge is 0.308 e. The molecule has 33 heavy (non-hydrogen) atoms. The minimum atomic E-state index is -0.826. The third-order valence-corrected chi connectivity index (χ3v) is 5.81. The van der Waals surface area contributed by atoms with Gasteiger partial charge in [-0.3, -0.25) is 14.4 Å². The van der Waals surface area contributed by atoms with Crippen LogP contribution in [0.5, 0.6) is 0 Å². The van der Waals surface area contributed by atoms with Crippen LogP contribution in [-0.2, 0) is 19.1 Å². The molecule has 1 fully saturated rings. The van der Waals surface area contributed by atoms with E-state index in [1.54, 1.807) is 4.90 Å². The van der Waals surface area contributed by atoms with E-state index in [1.165, 1.54) is 0 Å². The lowest BCUT2D eigenvalue weighted by Crippen LogP contribution is -2.60. The monoisotopic (exact) mass is 467 g/mol. The maximum Gasteiger partial charge on any atom is 0.308 e. The number of thiocarbonyl (C=S) groups is 1. The number of esters is 1. The molecule has 1 atom stereocenters. The van der Waals surface area contributed by atoms with Crippen molar-refractivity contribution in [2.45, 2.75) is 38.1 Å². The maximum atomic E-state index is 13.4. The van der Waals surface area contributed by atoms with Gasteiger partial charge in [-0.15, -0.1) is 0 Å². The Labute approximate surface area is 199 Å². The van der Waals surface area contributed by atoms with Crippen molar-refractivity contribution in [3.05, 3.63) is 71.8 Å². The van der Waals surface area contributed by atoms with Crippen molar-refractivity contribution in [1.82, 2.24) is 15.5 Å². The molecule has 2 aromatic carbocycles.